The van der Waals surface area contributed by atoms with Crippen LogP contribution in [0.3, 0.4) is 0 Å². The van der Waals surface area contributed by atoms with Crippen molar-refractivity contribution < 1.29 is 4.79 Å². The summed E-state index contributed by atoms with van der Waals surface area (Å²) in [4.78, 5) is 12.6. The Hall–Kier alpha value is -0.450. The highest BCUT2D eigenvalue weighted by molar-refractivity contribution is 5.58. The maximum atomic E-state index is 10.4. The Bertz CT molecular complexity index is 127. The summed E-state index contributed by atoms with van der Waals surface area (Å²) in [6.07, 6.45) is 0.961. The number of nitrogens with one attached hydrogen (secondary N) is 1. The first-order valence-electron chi connectivity index (χ1n) is 3.98. The van der Waals surface area contributed by atoms with Crippen LogP contribution in [0.25, 0.3) is 0 Å². The van der Waals surface area contributed by atoms with Crippen LogP contribution in [0.1, 0.15) is 0 Å². The molecule has 64 valence electrons. The molecule has 1 fully saturated rings. The quantitative estimate of drug-likeness (QED) is 0.485. The van der Waals surface area contributed by atoms with Crippen molar-refractivity contribution in [1.82, 2.24) is 10.2 Å². The van der Waals surface area contributed by atoms with E-state index < -0.39 is 0 Å². The molecule has 0 saturated carbocycles. The Kier molecular flexibility index (Phi) is 3.48. The number of carbonyl (C=O) groups excluding carboxylic acids is 1. The van der Waals surface area contributed by atoms with Crippen LogP contribution in [0.15, 0.2) is 0 Å². The van der Waals surface area contributed by atoms with Gasteiger partial charge in [-0.3, -0.25) is 4.90 Å². The van der Waals surface area contributed by atoms with Gasteiger partial charge in [0.25, 0.3) is 0 Å². The van der Waals surface area contributed by atoms with Crippen LogP contribution in [0.2, 0.25) is 0 Å². The van der Waals surface area contributed by atoms with E-state index in [2.05, 4.69) is 10.2 Å². The van der Waals surface area contributed by atoms with Gasteiger partial charge in [-0.1, -0.05) is 0 Å². The molecule has 1 aliphatic heterocycles. The van der Waals surface area contributed by atoms with E-state index in [1.165, 1.54) is 0 Å². The van der Waals surface area contributed by atoms with E-state index in [0.717, 1.165) is 32.5 Å². The van der Waals surface area contributed by atoms with Crippen molar-refractivity contribution in [2.24, 2.45) is 5.73 Å². The number of carbonyl (C=O) groups is 1. The highest BCUT2D eigenvalue weighted by atomic mass is 16.1. The third-order valence-electron chi connectivity index (χ3n) is 1.90. The normalized spacial score (nSPS) is 26.8. The number of hydrogen-bond acceptors (Lipinski definition) is 4. The number of nitrogens with two attached hydrogens (primary N) is 1. The molecular weight excluding hydrogens is 142 g/mol. The zero-order chi connectivity index (χ0) is 8.10. The molecule has 0 spiro atoms. The summed E-state index contributed by atoms with van der Waals surface area (Å²) < 4.78 is 0. The van der Waals surface area contributed by atoms with Crippen LogP contribution in [0, 0.1) is 0 Å². The van der Waals surface area contributed by atoms with Gasteiger partial charge in [-0.15, -0.1) is 0 Å². The van der Waals surface area contributed by atoms with Crippen LogP contribution in [0.5, 0.6) is 0 Å². The van der Waals surface area contributed by atoms with Crippen molar-refractivity contribution in [1.29, 1.82) is 0 Å². The predicted octanol–water partition coefficient (Wildman–Crippen LogP) is -1.58. The number of piperazine rings is 1. The van der Waals surface area contributed by atoms with Gasteiger partial charge in [-0.05, 0) is 0 Å². The number of aldehydes is 1. The molecular formula is C7H15N3O. The Morgan fingerprint density at radius 3 is 3.18 bits per heavy atom. The van der Waals surface area contributed by atoms with E-state index in [9.17, 15) is 4.79 Å². The third kappa shape index (κ3) is 2.57. The first kappa shape index (κ1) is 8.64. The molecule has 1 unspecified atom stereocenters. The Balaban J connectivity index is 2.27. The average molecular weight is 157 g/mol. The fourth-order valence-electron chi connectivity index (χ4n) is 1.32. The molecule has 0 aliphatic carbocycles. The van der Waals surface area contributed by atoms with Crippen molar-refractivity contribution in [3.63, 3.8) is 0 Å². The van der Waals surface area contributed by atoms with Gasteiger partial charge in [-0.2, -0.15) is 0 Å². The average Bonchev–Trinajstić information content (AvgIpc) is 2.06. The molecule has 1 saturated heterocycles. The molecule has 0 amide bonds. The maximum Gasteiger partial charge on any atom is 0.138 e. The maximum absolute atomic E-state index is 10.4. The molecule has 4 nitrogen and oxygen atoms in total. The highest BCUT2D eigenvalue weighted by Gasteiger charge is 2.16. The van der Waals surface area contributed by atoms with Crippen molar-refractivity contribution in [2.75, 3.05) is 32.7 Å². The fraction of sp³-hybridized carbons (Fsp3) is 0.857. The van der Waals surface area contributed by atoms with Crippen molar-refractivity contribution in [3.8, 4) is 0 Å². The SMILES string of the molecule is NCCN1CCNC(C=O)C1. The van der Waals surface area contributed by atoms with E-state index in [-0.39, 0.29) is 6.04 Å². The topological polar surface area (TPSA) is 58.4 Å². The molecule has 11 heavy (non-hydrogen) atoms. The molecule has 4 heteroatoms. The molecule has 1 atom stereocenters. The lowest BCUT2D eigenvalue weighted by Gasteiger charge is -2.30. The Morgan fingerprint density at radius 1 is 1.73 bits per heavy atom. The lowest BCUT2D eigenvalue weighted by molar-refractivity contribution is -0.110. The van der Waals surface area contributed by atoms with Crippen molar-refractivity contribution in [2.45, 2.75) is 6.04 Å². The summed E-state index contributed by atoms with van der Waals surface area (Å²) in [5, 5.41) is 3.11. The minimum atomic E-state index is 0.00954. The van der Waals surface area contributed by atoms with Crippen LogP contribution in [-0.4, -0.2) is 50.0 Å². The van der Waals surface area contributed by atoms with Gasteiger partial charge >= 0.3 is 0 Å². The van der Waals surface area contributed by atoms with Crippen molar-refractivity contribution >= 4 is 6.29 Å². The van der Waals surface area contributed by atoms with Crippen LogP contribution < -0.4 is 11.1 Å². The third-order valence-corrected chi connectivity index (χ3v) is 1.90. The molecule has 1 rings (SSSR count). The number of hydrogen-bond donors (Lipinski definition) is 2. The number of rotatable bonds is 3. The summed E-state index contributed by atoms with van der Waals surface area (Å²) >= 11 is 0. The first-order valence-corrected chi connectivity index (χ1v) is 3.98. The summed E-state index contributed by atoms with van der Waals surface area (Å²) in [6.45, 7) is 4.27. The van der Waals surface area contributed by atoms with Crippen molar-refractivity contribution in [3.05, 3.63) is 0 Å². The van der Waals surface area contributed by atoms with E-state index in [4.69, 9.17) is 5.73 Å². The van der Waals surface area contributed by atoms with Crippen LogP contribution >= 0.6 is 0 Å². The van der Waals surface area contributed by atoms with E-state index >= 15 is 0 Å². The largest absolute Gasteiger partial charge is 0.329 e. The summed E-state index contributed by atoms with van der Waals surface area (Å²) in [6, 6.07) is 0.00954. The number of nitrogens with zero attached hydrogens (tertiary/aromatic N) is 1. The fourth-order valence-corrected chi connectivity index (χ4v) is 1.32. The molecule has 0 aromatic rings. The van der Waals surface area contributed by atoms with Gasteiger partial charge in [0.1, 0.15) is 6.29 Å². The second-order valence-corrected chi connectivity index (χ2v) is 2.79. The smallest absolute Gasteiger partial charge is 0.138 e. The Labute approximate surface area is 66.7 Å². The minimum Gasteiger partial charge on any atom is -0.329 e. The standard InChI is InChI=1S/C7H15N3O/c8-1-3-10-4-2-9-7(5-10)6-11/h6-7,9H,1-5,8H2. The van der Waals surface area contributed by atoms with Gasteiger partial charge in [-0.25, -0.2) is 0 Å². The summed E-state index contributed by atoms with van der Waals surface area (Å²) in [5.41, 5.74) is 5.40. The molecule has 0 bridgehead atoms. The summed E-state index contributed by atoms with van der Waals surface area (Å²) in [5.74, 6) is 0. The second-order valence-electron chi connectivity index (χ2n) is 2.79. The molecule has 0 aromatic heterocycles. The van der Waals surface area contributed by atoms with Gasteiger partial charge in [0.15, 0.2) is 0 Å². The predicted molar refractivity (Wildman–Crippen MR) is 43.3 cm³/mol. The second kappa shape index (κ2) is 4.43. The summed E-state index contributed by atoms with van der Waals surface area (Å²) in [7, 11) is 0. The Morgan fingerprint density at radius 2 is 2.55 bits per heavy atom. The van der Waals surface area contributed by atoms with Crippen LogP contribution in [0.4, 0.5) is 0 Å². The van der Waals surface area contributed by atoms with Gasteiger partial charge in [0, 0.05) is 32.7 Å². The van der Waals surface area contributed by atoms with Gasteiger partial charge < -0.3 is 15.8 Å². The molecule has 1 aliphatic rings. The van der Waals surface area contributed by atoms with Crippen LogP contribution in [-0.2, 0) is 4.79 Å². The zero-order valence-corrected chi connectivity index (χ0v) is 6.62. The first-order chi connectivity index (χ1) is 5.36. The zero-order valence-electron chi connectivity index (χ0n) is 6.62. The minimum absolute atomic E-state index is 0.00954. The lowest BCUT2D eigenvalue weighted by Crippen LogP contribution is -2.52. The van der Waals surface area contributed by atoms with Gasteiger partial charge in [0.2, 0.25) is 0 Å². The monoisotopic (exact) mass is 157 g/mol. The molecule has 1 heterocycles. The highest BCUT2D eigenvalue weighted by Crippen LogP contribution is 1.95. The molecule has 0 radical (unpaired) electrons. The van der Waals surface area contributed by atoms with E-state index in [0.29, 0.717) is 6.54 Å². The molecule has 0 aromatic carbocycles. The van der Waals surface area contributed by atoms with Gasteiger partial charge in [0.05, 0.1) is 6.04 Å². The lowest BCUT2D eigenvalue weighted by atomic mass is 10.2. The van der Waals surface area contributed by atoms with E-state index in [1.54, 1.807) is 0 Å². The molecule has 3 N–H and O–H groups in total. The van der Waals surface area contributed by atoms with E-state index in [1.807, 2.05) is 0 Å².